The van der Waals surface area contributed by atoms with E-state index in [1.54, 1.807) is 0 Å². The van der Waals surface area contributed by atoms with Crippen molar-refractivity contribution in [2.24, 2.45) is 0 Å². The van der Waals surface area contributed by atoms with E-state index >= 15 is 0 Å². The van der Waals surface area contributed by atoms with Crippen LogP contribution in [-0.4, -0.2) is 35.8 Å². The molecule has 0 amide bonds. The highest BCUT2D eigenvalue weighted by Crippen LogP contribution is 2.26. The Bertz CT molecular complexity index is 343. The van der Waals surface area contributed by atoms with Gasteiger partial charge in [0.25, 0.3) is 0 Å². The lowest BCUT2D eigenvalue weighted by molar-refractivity contribution is 0.266. The molecule has 0 bridgehead atoms. The van der Waals surface area contributed by atoms with Crippen molar-refractivity contribution >= 4 is 11.5 Å². The largest absolute Gasteiger partial charge is 0.394 e. The Morgan fingerprint density at radius 3 is 3.25 bits per heavy atom. The third-order valence-electron chi connectivity index (χ3n) is 3.02. The van der Waals surface area contributed by atoms with E-state index in [4.69, 9.17) is 0 Å². The first kappa shape index (κ1) is 11.2. The minimum atomic E-state index is 0.235. The second-order valence-corrected chi connectivity index (χ2v) is 4.10. The Hall–Kier alpha value is -1.29. The molecule has 0 radical (unpaired) electrons. The smallest absolute Gasteiger partial charge is 0.127 e. The van der Waals surface area contributed by atoms with E-state index in [1.807, 2.05) is 12.3 Å². The molecule has 16 heavy (non-hydrogen) atoms. The van der Waals surface area contributed by atoms with Crippen molar-refractivity contribution in [3.8, 4) is 0 Å². The van der Waals surface area contributed by atoms with Crippen molar-refractivity contribution in [3.05, 3.63) is 18.3 Å². The van der Waals surface area contributed by atoms with Gasteiger partial charge in [0, 0.05) is 31.0 Å². The zero-order valence-corrected chi connectivity index (χ0v) is 9.69. The highest BCUT2D eigenvalue weighted by molar-refractivity contribution is 5.55. The summed E-state index contributed by atoms with van der Waals surface area (Å²) in [4.78, 5) is 6.52. The van der Waals surface area contributed by atoms with Gasteiger partial charge in [0.1, 0.15) is 5.82 Å². The van der Waals surface area contributed by atoms with Gasteiger partial charge in [-0.3, -0.25) is 0 Å². The van der Waals surface area contributed by atoms with Crippen LogP contribution in [0.5, 0.6) is 0 Å². The molecule has 1 saturated heterocycles. The van der Waals surface area contributed by atoms with E-state index < -0.39 is 0 Å². The van der Waals surface area contributed by atoms with Crippen LogP contribution < -0.4 is 10.2 Å². The van der Waals surface area contributed by atoms with E-state index in [9.17, 15) is 5.11 Å². The molecule has 1 aliphatic rings. The van der Waals surface area contributed by atoms with Crippen molar-refractivity contribution in [3.63, 3.8) is 0 Å². The first-order valence-corrected chi connectivity index (χ1v) is 5.92. The van der Waals surface area contributed by atoms with E-state index in [0.29, 0.717) is 0 Å². The molecule has 2 N–H and O–H groups in total. The molecular formula is C12H19N3O. The number of hydrogen-bond donors (Lipinski definition) is 2. The maximum atomic E-state index is 9.30. The number of nitrogens with one attached hydrogen (secondary N) is 1. The lowest BCUT2D eigenvalue weighted by Gasteiger charge is -2.25. The van der Waals surface area contributed by atoms with Crippen LogP contribution >= 0.6 is 0 Å². The quantitative estimate of drug-likeness (QED) is 0.808. The summed E-state index contributed by atoms with van der Waals surface area (Å²) < 4.78 is 0. The van der Waals surface area contributed by atoms with Gasteiger partial charge in [0.15, 0.2) is 0 Å². The van der Waals surface area contributed by atoms with Gasteiger partial charge in [-0.25, -0.2) is 4.98 Å². The van der Waals surface area contributed by atoms with Crippen molar-refractivity contribution in [2.45, 2.75) is 25.8 Å². The Morgan fingerprint density at radius 1 is 1.62 bits per heavy atom. The average Bonchev–Trinajstić information content (AvgIpc) is 2.78. The first-order valence-electron chi connectivity index (χ1n) is 5.92. The molecule has 0 aromatic carbocycles. The number of rotatable bonds is 4. The predicted molar refractivity (Wildman–Crippen MR) is 65.9 cm³/mol. The monoisotopic (exact) mass is 221 g/mol. The fourth-order valence-corrected chi connectivity index (χ4v) is 2.24. The number of aliphatic hydroxyl groups excluding tert-OH is 1. The highest BCUT2D eigenvalue weighted by atomic mass is 16.3. The number of nitrogens with zero attached hydrogens (tertiary/aromatic N) is 2. The van der Waals surface area contributed by atoms with E-state index in [-0.39, 0.29) is 12.6 Å². The minimum absolute atomic E-state index is 0.235. The maximum Gasteiger partial charge on any atom is 0.127 e. The van der Waals surface area contributed by atoms with Gasteiger partial charge in [0.05, 0.1) is 12.6 Å². The fourth-order valence-electron chi connectivity index (χ4n) is 2.24. The molecular weight excluding hydrogens is 202 g/mol. The summed E-state index contributed by atoms with van der Waals surface area (Å²) in [5.41, 5.74) is 1.16. The summed E-state index contributed by atoms with van der Waals surface area (Å²) >= 11 is 0. The van der Waals surface area contributed by atoms with Crippen molar-refractivity contribution in [1.82, 2.24) is 4.98 Å². The third-order valence-corrected chi connectivity index (χ3v) is 3.02. The standard InChI is InChI=1S/C12H19N3O/c1-2-13-12-8-10(5-6-14-12)15-7-3-4-11(15)9-16/h5-6,8,11,16H,2-4,7,9H2,1H3,(H,13,14). The normalized spacial score (nSPS) is 20.1. The van der Waals surface area contributed by atoms with Crippen LogP contribution in [0.1, 0.15) is 19.8 Å². The van der Waals surface area contributed by atoms with Crippen molar-refractivity contribution < 1.29 is 5.11 Å². The minimum Gasteiger partial charge on any atom is -0.394 e. The molecule has 2 rings (SSSR count). The zero-order chi connectivity index (χ0) is 11.4. The molecule has 1 unspecified atom stereocenters. The number of anilines is 2. The van der Waals surface area contributed by atoms with Crippen LogP contribution in [0.2, 0.25) is 0 Å². The van der Waals surface area contributed by atoms with Crippen LogP contribution in [0.25, 0.3) is 0 Å². The van der Waals surface area contributed by atoms with Crippen molar-refractivity contribution in [1.29, 1.82) is 0 Å². The van der Waals surface area contributed by atoms with E-state index in [1.165, 1.54) is 0 Å². The van der Waals surface area contributed by atoms with Gasteiger partial charge in [0.2, 0.25) is 0 Å². The Balaban J connectivity index is 2.16. The summed E-state index contributed by atoms with van der Waals surface area (Å²) in [6, 6.07) is 4.34. The summed E-state index contributed by atoms with van der Waals surface area (Å²) in [7, 11) is 0. The topological polar surface area (TPSA) is 48.4 Å². The van der Waals surface area contributed by atoms with Crippen LogP contribution in [0, 0.1) is 0 Å². The number of hydrogen-bond acceptors (Lipinski definition) is 4. The van der Waals surface area contributed by atoms with Gasteiger partial charge in [-0.05, 0) is 25.8 Å². The van der Waals surface area contributed by atoms with Gasteiger partial charge >= 0.3 is 0 Å². The molecule has 0 aliphatic carbocycles. The molecule has 4 heteroatoms. The van der Waals surface area contributed by atoms with Crippen LogP contribution in [0.4, 0.5) is 11.5 Å². The molecule has 88 valence electrons. The predicted octanol–water partition coefficient (Wildman–Crippen LogP) is 1.47. The summed E-state index contributed by atoms with van der Waals surface area (Å²) in [6.45, 7) is 4.19. The Kier molecular flexibility index (Phi) is 3.62. The molecule has 4 nitrogen and oxygen atoms in total. The second-order valence-electron chi connectivity index (χ2n) is 4.10. The second kappa shape index (κ2) is 5.16. The third kappa shape index (κ3) is 2.27. The molecule has 1 aromatic rings. The molecule has 1 fully saturated rings. The van der Waals surface area contributed by atoms with E-state index in [0.717, 1.165) is 37.4 Å². The Labute approximate surface area is 96.3 Å². The molecule has 0 saturated carbocycles. The number of pyridine rings is 1. The number of aromatic nitrogens is 1. The molecule has 1 aromatic heterocycles. The average molecular weight is 221 g/mol. The molecule has 1 atom stereocenters. The van der Waals surface area contributed by atoms with Gasteiger partial charge in [-0.2, -0.15) is 0 Å². The molecule has 2 heterocycles. The van der Waals surface area contributed by atoms with E-state index in [2.05, 4.69) is 28.2 Å². The lowest BCUT2D eigenvalue weighted by Crippen LogP contribution is -2.32. The van der Waals surface area contributed by atoms with Crippen LogP contribution in [0.3, 0.4) is 0 Å². The van der Waals surface area contributed by atoms with Crippen LogP contribution in [0.15, 0.2) is 18.3 Å². The summed E-state index contributed by atoms with van der Waals surface area (Å²) in [5, 5.41) is 12.5. The van der Waals surface area contributed by atoms with Gasteiger partial charge in [-0.15, -0.1) is 0 Å². The fraction of sp³-hybridized carbons (Fsp3) is 0.583. The Morgan fingerprint density at radius 2 is 2.50 bits per heavy atom. The van der Waals surface area contributed by atoms with Crippen LogP contribution in [-0.2, 0) is 0 Å². The van der Waals surface area contributed by atoms with Crippen molar-refractivity contribution in [2.75, 3.05) is 29.9 Å². The molecule has 0 spiro atoms. The lowest BCUT2D eigenvalue weighted by atomic mass is 10.2. The summed E-state index contributed by atoms with van der Waals surface area (Å²) in [6.07, 6.45) is 4.06. The maximum absolute atomic E-state index is 9.30. The number of aliphatic hydroxyl groups is 1. The SMILES string of the molecule is CCNc1cc(N2CCCC2CO)ccn1. The van der Waals surface area contributed by atoms with Gasteiger partial charge < -0.3 is 15.3 Å². The highest BCUT2D eigenvalue weighted by Gasteiger charge is 2.23. The first-order chi connectivity index (χ1) is 7.85. The molecule has 1 aliphatic heterocycles. The summed E-state index contributed by atoms with van der Waals surface area (Å²) in [5.74, 6) is 0.906. The zero-order valence-electron chi connectivity index (χ0n) is 9.69. The van der Waals surface area contributed by atoms with Gasteiger partial charge in [-0.1, -0.05) is 0 Å².